The van der Waals surface area contributed by atoms with Crippen LogP contribution in [0, 0.1) is 21.7 Å². The van der Waals surface area contributed by atoms with Crippen molar-refractivity contribution >= 4 is 23.6 Å². The number of nitrogens with zero attached hydrogens (tertiary/aromatic N) is 12. The summed E-state index contributed by atoms with van der Waals surface area (Å²) < 4.78 is 11.2. The molecule has 8 aliphatic carbocycles. The third-order valence-corrected chi connectivity index (χ3v) is 37.9. The van der Waals surface area contributed by atoms with Gasteiger partial charge in [-0.25, -0.2) is 0 Å². The smallest absolute Gasteiger partial charge is 0.253 e. The van der Waals surface area contributed by atoms with E-state index in [0.29, 0.717) is 124 Å². The Morgan fingerprint density at radius 3 is 0.812 bits per heavy atom. The lowest BCUT2D eigenvalue weighted by Gasteiger charge is -2.72. The van der Waals surface area contributed by atoms with Crippen LogP contribution < -0.4 is 9.47 Å². The van der Waals surface area contributed by atoms with Gasteiger partial charge in [0.2, 0.25) is 0 Å². The van der Waals surface area contributed by atoms with Gasteiger partial charge in [-0.3, -0.25) is 58.4 Å². The van der Waals surface area contributed by atoms with Crippen LogP contribution in [0.1, 0.15) is 240 Å². The summed E-state index contributed by atoms with van der Waals surface area (Å²) in [5.74, 6) is 2.75. The molecule has 0 radical (unpaired) electrons. The number of amides is 4. The van der Waals surface area contributed by atoms with E-state index in [1.807, 2.05) is 96.4 Å². The van der Waals surface area contributed by atoms with Crippen LogP contribution in [-0.2, 0) is 0 Å². The van der Waals surface area contributed by atoms with Crippen molar-refractivity contribution in [2.45, 2.75) is 250 Å². The normalized spacial score (nSPS) is 32.6. The number of phenolic OH excluding ortho intramolecular Hbond substituents is 2. The van der Waals surface area contributed by atoms with Crippen molar-refractivity contribution in [3.05, 3.63) is 312 Å². The second-order valence-electron chi connectivity index (χ2n) is 43.3. The Morgan fingerprint density at radius 1 is 0.333 bits per heavy atom. The first-order valence-electron chi connectivity index (χ1n) is 52.1. The van der Waals surface area contributed by atoms with Gasteiger partial charge in [-0.2, -0.15) is 0 Å². The lowest BCUT2D eigenvalue weighted by atomic mass is 9.56. The van der Waals surface area contributed by atoms with Gasteiger partial charge in [0.1, 0.15) is 23.0 Å². The van der Waals surface area contributed by atoms with Crippen molar-refractivity contribution in [3.8, 4) is 23.0 Å². The van der Waals surface area contributed by atoms with Gasteiger partial charge >= 0.3 is 0 Å². The molecule has 8 aromatic carbocycles. The van der Waals surface area contributed by atoms with Crippen LogP contribution in [-0.4, -0.2) is 284 Å². The first kappa shape index (κ1) is 92.5. The summed E-state index contributed by atoms with van der Waals surface area (Å²) in [6.07, 6.45) is 30.8. The molecule has 722 valence electrons. The zero-order chi connectivity index (χ0) is 95.3. The second kappa shape index (κ2) is 36.5. The number of rotatable bonds is 28. The number of aromatic hydroxyl groups is 2. The monoisotopic (exact) mass is 1860 g/mol. The van der Waals surface area contributed by atoms with E-state index in [-0.39, 0.29) is 47.8 Å². The highest BCUT2D eigenvalue weighted by molar-refractivity contribution is 5.96. The largest absolute Gasteiger partial charge is 0.508 e. The van der Waals surface area contributed by atoms with Crippen LogP contribution in [0.25, 0.3) is 0 Å². The summed E-state index contributed by atoms with van der Waals surface area (Å²) >= 11 is 0. The van der Waals surface area contributed by atoms with Gasteiger partial charge in [-0.05, 0) is 271 Å². The van der Waals surface area contributed by atoms with Gasteiger partial charge in [0.15, 0.2) is 0 Å². The maximum atomic E-state index is 13.0. The van der Waals surface area contributed by atoms with Gasteiger partial charge in [-0.1, -0.05) is 121 Å². The molecule has 4 spiro atoms. The molecular formula is C118H142N12O8. The topological polar surface area (TPSA) is 166 Å². The SMILES string of the molecule is C=CCN1C2CCC3N(C(c4ccc(C(=O)N(C)C)cc4)c4cccc(O)c4)C4CCC1C234.C=CCN1C2CCC3N(C(c4ccc(C(=O)N(C)C)cc4)c4cccc(OC)c4)C4CCC1C234.C=CCN1C2CCC3N(C(c4ccc(C(=O)N(CC)CC)cc4)c4cccc(O)c4)C4CCC1C234.C=CCN1C2CCC3N(C(c4ccc(C(=O)N5CCCC5)cc4)c4cccc(OC)c4)C4CCC1C234. The zero-order valence-corrected chi connectivity index (χ0v) is 82.3. The number of carbonyl (C=O) groups excluding carboxylic acids is 4. The number of hydrogen-bond acceptors (Lipinski definition) is 16. The number of likely N-dealkylation sites (tertiary alicyclic amines) is 9. The van der Waals surface area contributed by atoms with Crippen molar-refractivity contribution in [2.24, 2.45) is 21.7 Å². The molecule has 4 amide bonds. The molecule has 20 unspecified atom stereocenters. The Hall–Kier alpha value is -10.5. The number of ether oxygens (including phenoxy) is 2. The van der Waals surface area contributed by atoms with Crippen LogP contribution in [0.15, 0.2) is 245 Å². The van der Waals surface area contributed by atoms with E-state index < -0.39 is 0 Å². The minimum absolute atomic E-state index is 0.0207. The maximum absolute atomic E-state index is 13.0. The Bertz CT molecular complexity index is 5830. The molecule has 20 atom stereocenters. The summed E-state index contributed by atoms with van der Waals surface area (Å²) in [6.45, 7) is 27.4. The summed E-state index contributed by atoms with van der Waals surface area (Å²) in [5, 5.41) is 20.6. The quantitative estimate of drug-likeness (QED) is 0.0444. The Kier molecular flexibility index (Phi) is 24.5. The van der Waals surface area contributed by atoms with Crippen molar-refractivity contribution in [1.29, 1.82) is 0 Å². The van der Waals surface area contributed by atoms with Crippen molar-refractivity contribution in [3.63, 3.8) is 0 Å². The molecule has 20 heteroatoms. The van der Waals surface area contributed by atoms with E-state index in [1.54, 1.807) is 64.3 Å². The minimum Gasteiger partial charge on any atom is -0.508 e. The molecule has 17 fully saturated rings. The fraction of sp³-hybridized carbons (Fsp3) is 0.492. The lowest BCUT2D eigenvalue weighted by molar-refractivity contribution is -0.235. The van der Waals surface area contributed by atoms with E-state index in [0.717, 1.165) is 116 Å². The first-order chi connectivity index (χ1) is 67.2. The van der Waals surface area contributed by atoms with Crippen molar-refractivity contribution in [2.75, 3.05) is 94.8 Å². The average molecular weight is 1860 g/mol. The number of hydrogen-bond donors (Lipinski definition) is 2. The van der Waals surface area contributed by atoms with E-state index in [2.05, 4.69) is 199 Å². The highest BCUT2D eigenvalue weighted by atomic mass is 16.5. The van der Waals surface area contributed by atoms with Gasteiger partial charge in [0, 0.05) is 221 Å². The number of benzene rings is 8. The van der Waals surface area contributed by atoms with Crippen molar-refractivity contribution < 1.29 is 38.9 Å². The molecule has 0 bridgehead atoms. The standard InChI is InChI=1S/C31H37N3O2.C30H37N3O2.C29H35N3O2.C28H33N3O2/c1-3-17-33-25-13-15-27-31(25)26(33)14-16-28(31)34(27)29(23-7-6-8-24(20-23)36-2)21-9-11-22(12-10-21)30(35)32-18-4-5-19-32;1-4-18-32-24-14-16-26-30(24)25(32)15-17-27(30)33(26)28(22-8-7-9-23(34)19-22)20-10-12-21(13-11-20)29(35)31(5-2)6-3;1-5-17-31-23-13-15-25-29(23)24(31)14-16-26(29)32(25)27(21-7-6-8-22(18-21)34-4)19-9-11-20(12-10-19)28(33)30(2)3;1-4-16-30-22-12-14-24-28(22)23(30)13-15-25(28)31(24)26(20-6-5-7-21(32)17-20)18-8-10-19(11-9-18)27(33)29(2)3/h3,6-12,20,25-29H,1,4-5,13-19H2,2H3;4,7-13,19,24-28,34H,1,5-6,14-18H2,2-3H3;5-12,18,23-27H,1,13-17H2,2-4H3;4-11,17,22-26,32H,1,12-16H2,2-3H3. The summed E-state index contributed by atoms with van der Waals surface area (Å²) in [7, 11) is 10.7. The molecule has 9 saturated heterocycles. The molecule has 25 rings (SSSR count). The maximum Gasteiger partial charge on any atom is 0.253 e. The Balaban J connectivity index is 0.000000106. The summed E-state index contributed by atoms with van der Waals surface area (Å²) in [5.41, 5.74) is 14.6. The molecule has 138 heavy (non-hydrogen) atoms. The van der Waals surface area contributed by atoms with Gasteiger partial charge < -0.3 is 39.3 Å². The fourth-order valence-corrected chi connectivity index (χ4v) is 33.6. The Morgan fingerprint density at radius 2 is 0.572 bits per heavy atom. The van der Waals surface area contributed by atoms with E-state index in [9.17, 15) is 29.4 Å². The molecule has 17 aliphatic rings. The second-order valence-corrected chi connectivity index (χ2v) is 43.3. The third kappa shape index (κ3) is 13.7. The van der Waals surface area contributed by atoms with Crippen molar-refractivity contribution in [1.82, 2.24) is 58.8 Å². The predicted octanol–water partition coefficient (Wildman–Crippen LogP) is 18.1. The molecule has 9 aliphatic heterocycles. The van der Waals surface area contributed by atoms with Crippen LogP contribution in [0.3, 0.4) is 0 Å². The zero-order valence-electron chi connectivity index (χ0n) is 82.3. The molecule has 9 heterocycles. The molecule has 0 aromatic heterocycles. The molecule has 8 saturated carbocycles. The average Bonchev–Trinajstić information content (AvgIpc) is 1.48. The van der Waals surface area contributed by atoms with Crippen LogP contribution >= 0.6 is 0 Å². The van der Waals surface area contributed by atoms with E-state index in [4.69, 9.17) is 9.47 Å². The van der Waals surface area contributed by atoms with E-state index in [1.165, 1.54) is 136 Å². The molecular weight excluding hydrogens is 1710 g/mol. The predicted molar refractivity (Wildman–Crippen MR) is 543 cm³/mol. The molecule has 2 N–H and O–H groups in total. The number of phenols is 2. The third-order valence-electron chi connectivity index (χ3n) is 37.9. The van der Waals surface area contributed by atoms with Gasteiger partial charge in [0.25, 0.3) is 23.6 Å². The summed E-state index contributed by atoms with van der Waals surface area (Å²) in [4.78, 5) is 80.0. The van der Waals surface area contributed by atoms with Gasteiger partial charge in [0.05, 0.1) is 38.4 Å². The Labute approximate surface area is 817 Å². The molecule has 8 aromatic rings. The van der Waals surface area contributed by atoms with Crippen LogP contribution in [0.4, 0.5) is 0 Å². The lowest BCUT2D eigenvalue weighted by Crippen LogP contribution is -2.83. The fourth-order valence-electron chi connectivity index (χ4n) is 33.6. The summed E-state index contributed by atoms with van der Waals surface area (Å²) in [6, 6.07) is 76.9. The number of methoxy groups -OCH3 is 2. The highest BCUT2D eigenvalue weighted by Gasteiger charge is 2.84. The minimum atomic E-state index is 0.0207. The molecule has 20 nitrogen and oxygen atoms in total. The van der Waals surface area contributed by atoms with Gasteiger partial charge in [-0.15, -0.1) is 26.3 Å². The van der Waals surface area contributed by atoms with Crippen LogP contribution in [0.2, 0.25) is 0 Å². The highest BCUT2D eigenvalue weighted by Crippen LogP contribution is 2.77. The van der Waals surface area contributed by atoms with E-state index >= 15 is 0 Å². The number of carbonyl (C=O) groups is 4. The van der Waals surface area contributed by atoms with Crippen LogP contribution in [0.5, 0.6) is 23.0 Å². The first-order valence-corrected chi connectivity index (χ1v) is 52.1.